The largest absolute Gasteiger partial charge is 0.495 e. The van der Waals surface area contributed by atoms with Crippen molar-refractivity contribution in [2.45, 2.75) is 18.2 Å². The first-order valence-electron chi connectivity index (χ1n) is 5.46. The molecule has 0 saturated heterocycles. The fourth-order valence-corrected chi connectivity index (χ4v) is 2.83. The Morgan fingerprint density at radius 3 is 2.63 bits per heavy atom. The molecular formula is C13H14O5S. The average molecular weight is 282 g/mol. The van der Waals surface area contributed by atoms with Crippen molar-refractivity contribution in [1.82, 2.24) is 0 Å². The quantitative estimate of drug-likeness (QED) is 0.829. The second-order valence-electron chi connectivity index (χ2n) is 3.67. The van der Waals surface area contributed by atoms with Gasteiger partial charge < -0.3 is 9.84 Å². The number of ether oxygens (including phenoxy) is 1. The number of carboxylic acid groups (broad SMARTS) is 1. The van der Waals surface area contributed by atoms with Crippen LogP contribution in [0.5, 0.6) is 5.75 Å². The van der Waals surface area contributed by atoms with Gasteiger partial charge in [-0.2, -0.15) is 0 Å². The minimum atomic E-state index is -3.62. The zero-order valence-electron chi connectivity index (χ0n) is 10.6. The number of rotatable bonds is 5. The molecule has 0 atom stereocenters. The van der Waals surface area contributed by atoms with Crippen molar-refractivity contribution in [2.75, 3.05) is 12.9 Å². The summed E-state index contributed by atoms with van der Waals surface area (Å²) in [6.07, 6.45) is 0.194. The van der Waals surface area contributed by atoms with Gasteiger partial charge in [-0.3, -0.25) is 0 Å². The third-order valence-electron chi connectivity index (χ3n) is 2.42. The lowest BCUT2D eigenvalue weighted by molar-refractivity contribution is 0.0696. The summed E-state index contributed by atoms with van der Waals surface area (Å²) in [6.45, 7) is 1.62. The molecule has 0 spiro atoms. The van der Waals surface area contributed by atoms with E-state index in [9.17, 15) is 13.2 Å². The standard InChI is InChI=1S/C13H14O5S/c1-3-4-5-8-19(16,17)12-9-10(13(14)15)6-7-11(12)18-2/h6-7,9H,5,8H2,1-2H3,(H,14,15). The molecule has 1 aromatic carbocycles. The summed E-state index contributed by atoms with van der Waals surface area (Å²) in [5.74, 6) is 4.05. The van der Waals surface area contributed by atoms with E-state index in [-0.39, 0.29) is 28.4 Å². The van der Waals surface area contributed by atoms with Gasteiger partial charge in [0.15, 0.2) is 9.84 Å². The van der Waals surface area contributed by atoms with E-state index in [2.05, 4.69) is 11.8 Å². The SMILES string of the molecule is CC#CCCS(=O)(=O)c1cc(C(=O)O)ccc1OC. The number of aromatic carboxylic acids is 1. The molecule has 0 aliphatic carbocycles. The molecule has 1 aromatic rings. The van der Waals surface area contributed by atoms with E-state index >= 15 is 0 Å². The van der Waals surface area contributed by atoms with Gasteiger partial charge in [-0.05, 0) is 25.1 Å². The smallest absolute Gasteiger partial charge is 0.335 e. The molecule has 0 aliphatic rings. The first kappa shape index (κ1) is 15.1. The predicted molar refractivity (Wildman–Crippen MR) is 70.1 cm³/mol. The average Bonchev–Trinajstić information content (AvgIpc) is 2.38. The van der Waals surface area contributed by atoms with Crippen LogP contribution < -0.4 is 4.74 Å². The molecule has 6 heteroatoms. The number of benzene rings is 1. The molecule has 1 rings (SSSR count). The van der Waals surface area contributed by atoms with Crippen molar-refractivity contribution in [3.8, 4) is 17.6 Å². The summed E-state index contributed by atoms with van der Waals surface area (Å²) in [5.41, 5.74) is -0.0963. The van der Waals surface area contributed by atoms with Crippen LogP contribution in [0.25, 0.3) is 0 Å². The van der Waals surface area contributed by atoms with Crippen LogP contribution >= 0.6 is 0 Å². The fraction of sp³-hybridized carbons (Fsp3) is 0.308. The van der Waals surface area contributed by atoms with Crippen LogP contribution in [0.15, 0.2) is 23.1 Å². The van der Waals surface area contributed by atoms with Crippen LogP contribution in [0.4, 0.5) is 0 Å². The molecule has 0 saturated carbocycles. The van der Waals surface area contributed by atoms with E-state index in [1.807, 2.05) is 0 Å². The Kier molecular flexibility index (Phi) is 4.95. The van der Waals surface area contributed by atoms with E-state index in [0.717, 1.165) is 6.07 Å². The van der Waals surface area contributed by atoms with Gasteiger partial charge in [0.05, 0.1) is 18.4 Å². The second kappa shape index (κ2) is 6.25. The minimum Gasteiger partial charge on any atom is -0.495 e. The number of carbonyl (C=O) groups is 1. The normalized spacial score (nSPS) is 10.4. The third-order valence-corrected chi connectivity index (χ3v) is 4.15. The summed E-state index contributed by atoms with van der Waals surface area (Å²) in [5, 5.41) is 8.89. The topological polar surface area (TPSA) is 80.7 Å². The van der Waals surface area contributed by atoms with E-state index in [0.29, 0.717) is 0 Å². The molecule has 5 nitrogen and oxygen atoms in total. The van der Waals surface area contributed by atoms with Crippen LogP contribution in [0.1, 0.15) is 23.7 Å². The van der Waals surface area contributed by atoms with E-state index in [1.54, 1.807) is 6.92 Å². The molecular weight excluding hydrogens is 268 g/mol. The second-order valence-corrected chi connectivity index (χ2v) is 5.74. The molecule has 0 heterocycles. The van der Waals surface area contributed by atoms with E-state index in [1.165, 1.54) is 19.2 Å². The van der Waals surface area contributed by atoms with Crippen LogP contribution in [-0.2, 0) is 9.84 Å². The van der Waals surface area contributed by atoms with Gasteiger partial charge in [-0.15, -0.1) is 11.8 Å². The number of carboxylic acids is 1. The Morgan fingerprint density at radius 1 is 1.42 bits per heavy atom. The molecule has 0 bridgehead atoms. The zero-order chi connectivity index (χ0) is 14.5. The Morgan fingerprint density at radius 2 is 2.11 bits per heavy atom. The van der Waals surface area contributed by atoms with Crippen LogP contribution in [0, 0.1) is 11.8 Å². The van der Waals surface area contributed by atoms with Gasteiger partial charge in [0.1, 0.15) is 10.6 Å². The molecule has 102 valence electrons. The minimum absolute atomic E-state index is 0.0963. The van der Waals surface area contributed by atoms with E-state index < -0.39 is 15.8 Å². The predicted octanol–water partition coefficient (Wildman–Crippen LogP) is 1.58. The van der Waals surface area contributed by atoms with Gasteiger partial charge in [0.2, 0.25) is 0 Å². The maximum atomic E-state index is 12.1. The van der Waals surface area contributed by atoms with Crippen molar-refractivity contribution in [1.29, 1.82) is 0 Å². The van der Waals surface area contributed by atoms with Gasteiger partial charge in [-0.1, -0.05) is 0 Å². The van der Waals surface area contributed by atoms with E-state index in [4.69, 9.17) is 9.84 Å². The monoisotopic (exact) mass is 282 g/mol. The van der Waals surface area contributed by atoms with Crippen LogP contribution in [-0.4, -0.2) is 32.4 Å². The van der Waals surface area contributed by atoms with Gasteiger partial charge >= 0.3 is 5.97 Å². The lowest BCUT2D eigenvalue weighted by atomic mass is 10.2. The molecule has 0 amide bonds. The molecule has 1 N–H and O–H groups in total. The molecule has 19 heavy (non-hydrogen) atoms. The van der Waals surface area contributed by atoms with Crippen LogP contribution in [0.2, 0.25) is 0 Å². The van der Waals surface area contributed by atoms with Gasteiger partial charge in [0.25, 0.3) is 0 Å². The van der Waals surface area contributed by atoms with Crippen LogP contribution in [0.3, 0.4) is 0 Å². The van der Waals surface area contributed by atoms with Gasteiger partial charge in [0, 0.05) is 6.42 Å². The van der Waals surface area contributed by atoms with Crippen molar-refractivity contribution < 1.29 is 23.1 Å². The van der Waals surface area contributed by atoms with Crippen molar-refractivity contribution in [3.63, 3.8) is 0 Å². The molecule has 0 unspecified atom stereocenters. The molecule has 0 aliphatic heterocycles. The Balaban J connectivity index is 3.24. The number of hydrogen-bond acceptors (Lipinski definition) is 4. The molecule has 0 fully saturated rings. The fourth-order valence-electron chi connectivity index (χ4n) is 1.47. The van der Waals surface area contributed by atoms with Crippen molar-refractivity contribution in [2.24, 2.45) is 0 Å². The zero-order valence-corrected chi connectivity index (χ0v) is 11.5. The Hall–Kier alpha value is -2.00. The summed E-state index contributed by atoms with van der Waals surface area (Å²) >= 11 is 0. The first-order chi connectivity index (χ1) is 8.92. The Labute approximate surface area is 112 Å². The first-order valence-corrected chi connectivity index (χ1v) is 7.11. The number of methoxy groups -OCH3 is 1. The lowest BCUT2D eigenvalue weighted by Gasteiger charge is -2.09. The maximum Gasteiger partial charge on any atom is 0.335 e. The molecule has 0 aromatic heterocycles. The highest BCUT2D eigenvalue weighted by Gasteiger charge is 2.21. The van der Waals surface area contributed by atoms with Gasteiger partial charge in [-0.25, -0.2) is 13.2 Å². The third kappa shape index (κ3) is 3.73. The number of sulfone groups is 1. The summed E-state index contributed by atoms with van der Waals surface area (Å²) in [6, 6.07) is 3.74. The maximum absolute atomic E-state index is 12.1. The Bertz CT molecular complexity index is 635. The number of hydrogen-bond donors (Lipinski definition) is 1. The van der Waals surface area contributed by atoms with Crippen molar-refractivity contribution in [3.05, 3.63) is 23.8 Å². The highest BCUT2D eigenvalue weighted by molar-refractivity contribution is 7.91. The summed E-state index contributed by atoms with van der Waals surface area (Å²) < 4.78 is 29.2. The lowest BCUT2D eigenvalue weighted by Crippen LogP contribution is -2.10. The van der Waals surface area contributed by atoms with Crippen molar-refractivity contribution >= 4 is 15.8 Å². The molecule has 0 radical (unpaired) electrons. The highest BCUT2D eigenvalue weighted by atomic mass is 32.2. The summed E-state index contributed by atoms with van der Waals surface area (Å²) in [7, 11) is -2.29. The highest BCUT2D eigenvalue weighted by Crippen LogP contribution is 2.26. The summed E-state index contributed by atoms with van der Waals surface area (Å²) in [4.78, 5) is 10.8.